The normalized spacial score (nSPS) is 11.0. The second-order valence-electron chi connectivity index (χ2n) is 5.27. The van der Waals surface area contributed by atoms with Crippen molar-refractivity contribution in [2.75, 3.05) is 19.5 Å². The zero-order chi connectivity index (χ0) is 17.4. The summed E-state index contributed by atoms with van der Waals surface area (Å²) in [7, 11) is 3.17. The molecule has 0 fully saturated rings. The van der Waals surface area contributed by atoms with Gasteiger partial charge >= 0.3 is 0 Å². The van der Waals surface area contributed by atoms with Crippen molar-refractivity contribution in [1.29, 1.82) is 0 Å². The molecule has 0 aliphatic rings. The predicted molar refractivity (Wildman–Crippen MR) is 96.9 cm³/mol. The van der Waals surface area contributed by atoms with Gasteiger partial charge in [0.1, 0.15) is 27.3 Å². The molecule has 1 amide bonds. The number of thiazole rings is 1. The lowest BCUT2D eigenvalue weighted by Crippen LogP contribution is -2.10. The predicted octanol–water partition coefficient (Wildman–Crippen LogP) is 4.31. The number of para-hydroxylation sites is 1. The van der Waals surface area contributed by atoms with Gasteiger partial charge in [0.25, 0.3) is 5.91 Å². The Morgan fingerprint density at radius 2 is 1.88 bits per heavy atom. The summed E-state index contributed by atoms with van der Waals surface area (Å²) in [4.78, 5) is 16.9. The van der Waals surface area contributed by atoms with Gasteiger partial charge in [-0.3, -0.25) is 10.1 Å². The lowest BCUT2D eigenvalue weighted by molar-refractivity contribution is 0.0998. The minimum absolute atomic E-state index is 0.236. The van der Waals surface area contributed by atoms with Crippen LogP contribution < -0.4 is 14.8 Å². The molecule has 1 N–H and O–H groups in total. The molecule has 0 unspecified atom stereocenters. The molecular weight excluding hydrogens is 340 g/mol. The van der Waals surface area contributed by atoms with Crippen LogP contribution in [0.15, 0.2) is 46.9 Å². The summed E-state index contributed by atoms with van der Waals surface area (Å²) in [6.45, 7) is 0. The van der Waals surface area contributed by atoms with E-state index in [4.69, 9.17) is 13.9 Å². The Hall–Kier alpha value is -3.06. The van der Waals surface area contributed by atoms with Crippen molar-refractivity contribution in [2.45, 2.75) is 0 Å². The Morgan fingerprint density at radius 1 is 1.12 bits per heavy atom. The van der Waals surface area contributed by atoms with Crippen molar-refractivity contribution < 1.29 is 18.7 Å². The number of carbonyl (C=O) groups is 1. The molecule has 6 nitrogen and oxygen atoms in total. The maximum atomic E-state index is 12.5. The van der Waals surface area contributed by atoms with Gasteiger partial charge in [-0.15, -0.1) is 0 Å². The Morgan fingerprint density at radius 3 is 2.64 bits per heavy atom. The van der Waals surface area contributed by atoms with Crippen molar-refractivity contribution in [3.63, 3.8) is 0 Å². The van der Waals surface area contributed by atoms with Gasteiger partial charge in [-0.05, 0) is 24.3 Å². The van der Waals surface area contributed by atoms with E-state index in [-0.39, 0.29) is 11.7 Å². The highest BCUT2D eigenvalue weighted by molar-refractivity contribution is 7.22. The molecule has 0 bridgehead atoms. The van der Waals surface area contributed by atoms with Crippen LogP contribution in [-0.4, -0.2) is 25.1 Å². The molecule has 2 aromatic carbocycles. The van der Waals surface area contributed by atoms with Gasteiger partial charge in [0.15, 0.2) is 10.9 Å². The molecule has 126 valence electrons. The molecule has 0 radical (unpaired) electrons. The van der Waals surface area contributed by atoms with Gasteiger partial charge in [0, 0.05) is 5.39 Å². The minimum Gasteiger partial charge on any atom is -0.495 e. The van der Waals surface area contributed by atoms with E-state index >= 15 is 0 Å². The highest BCUT2D eigenvalue weighted by Crippen LogP contribution is 2.39. The summed E-state index contributed by atoms with van der Waals surface area (Å²) in [5, 5.41) is 4.10. The van der Waals surface area contributed by atoms with Crippen molar-refractivity contribution in [1.82, 2.24) is 4.98 Å². The van der Waals surface area contributed by atoms with Gasteiger partial charge < -0.3 is 13.9 Å². The molecule has 0 aliphatic carbocycles. The lowest BCUT2D eigenvalue weighted by Gasteiger charge is -2.03. The molecule has 4 rings (SSSR count). The molecule has 25 heavy (non-hydrogen) atoms. The number of nitrogens with one attached hydrogen (secondary N) is 1. The van der Waals surface area contributed by atoms with Crippen LogP contribution in [0.2, 0.25) is 0 Å². The van der Waals surface area contributed by atoms with Crippen LogP contribution in [0.3, 0.4) is 0 Å². The van der Waals surface area contributed by atoms with Crippen LogP contribution in [0.5, 0.6) is 11.5 Å². The second-order valence-corrected chi connectivity index (χ2v) is 6.27. The summed E-state index contributed by atoms with van der Waals surface area (Å²) in [6, 6.07) is 12.8. The van der Waals surface area contributed by atoms with Crippen LogP contribution in [0.4, 0.5) is 5.13 Å². The molecule has 2 aromatic heterocycles. The highest BCUT2D eigenvalue weighted by atomic mass is 32.1. The van der Waals surface area contributed by atoms with E-state index < -0.39 is 0 Å². The number of anilines is 1. The van der Waals surface area contributed by atoms with Crippen LogP contribution in [0.25, 0.3) is 21.2 Å². The van der Waals surface area contributed by atoms with Crippen LogP contribution in [0.1, 0.15) is 10.6 Å². The topological polar surface area (TPSA) is 73.6 Å². The first-order valence-electron chi connectivity index (χ1n) is 7.51. The standard InChI is InChI=1S/C18H14N2O4S/c1-22-12-7-8-13(23-2)16-15(12)19-18(25-16)20-17(21)14-9-10-5-3-4-6-11(10)24-14/h3-9H,1-2H3,(H,19,20,21). The molecule has 0 atom stereocenters. The Labute approximate surface area is 147 Å². The number of rotatable bonds is 4. The third-order valence-electron chi connectivity index (χ3n) is 3.78. The van der Waals surface area contributed by atoms with Gasteiger partial charge in [-0.2, -0.15) is 0 Å². The van der Waals surface area contributed by atoms with Gasteiger partial charge in [0.2, 0.25) is 0 Å². The average Bonchev–Trinajstić information content (AvgIpc) is 3.24. The van der Waals surface area contributed by atoms with E-state index in [1.54, 1.807) is 26.4 Å². The number of furan rings is 1. The number of amides is 1. The van der Waals surface area contributed by atoms with Gasteiger partial charge in [-0.1, -0.05) is 29.5 Å². The molecule has 0 saturated heterocycles. The number of nitrogens with zero attached hydrogens (tertiary/aromatic N) is 1. The fraction of sp³-hybridized carbons (Fsp3) is 0.111. The van der Waals surface area contributed by atoms with Crippen molar-refractivity contribution >= 4 is 43.6 Å². The largest absolute Gasteiger partial charge is 0.495 e. The number of benzene rings is 2. The smallest absolute Gasteiger partial charge is 0.293 e. The van der Waals surface area contributed by atoms with Crippen molar-refractivity contribution in [2.24, 2.45) is 0 Å². The average molecular weight is 354 g/mol. The third-order valence-corrected chi connectivity index (χ3v) is 4.77. The van der Waals surface area contributed by atoms with E-state index in [9.17, 15) is 4.79 Å². The second kappa shape index (κ2) is 6.10. The number of aromatic nitrogens is 1. The molecule has 0 saturated carbocycles. The minimum atomic E-state index is -0.354. The number of fused-ring (bicyclic) bond motifs is 2. The van der Waals surface area contributed by atoms with Gasteiger partial charge in [-0.25, -0.2) is 4.98 Å². The fourth-order valence-corrected chi connectivity index (χ4v) is 3.56. The maximum Gasteiger partial charge on any atom is 0.293 e. The van der Waals surface area contributed by atoms with Gasteiger partial charge in [0.05, 0.1) is 14.2 Å². The first-order chi connectivity index (χ1) is 12.2. The van der Waals surface area contributed by atoms with Crippen LogP contribution >= 0.6 is 11.3 Å². The zero-order valence-electron chi connectivity index (χ0n) is 13.5. The third kappa shape index (κ3) is 2.68. The van der Waals surface area contributed by atoms with E-state index in [1.165, 1.54) is 11.3 Å². The van der Waals surface area contributed by atoms with Crippen LogP contribution in [-0.2, 0) is 0 Å². The van der Waals surface area contributed by atoms with Crippen molar-refractivity contribution in [3.8, 4) is 11.5 Å². The quantitative estimate of drug-likeness (QED) is 0.591. The summed E-state index contributed by atoms with van der Waals surface area (Å²) < 4.78 is 17.1. The Bertz CT molecular complexity index is 1010. The Balaban J connectivity index is 1.69. The molecular formula is C18H14N2O4S. The number of hydrogen-bond donors (Lipinski definition) is 1. The monoisotopic (exact) mass is 354 g/mol. The maximum absolute atomic E-state index is 12.5. The van der Waals surface area contributed by atoms with E-state index in [1.807, 2.05) is 30.3 Å². The zero-order valence-corrected chi connectivity index (χ0v) is 14.3. The SMILES string of the molecule is COc1ccc(OC)c2sc(NC(=O)c3cc4ccccc4o3)nc12. The Kier molecular flexibility index (Phi) is 3.77. The molecule has 7 heteroatoms. The first-order valence-corrected chi connectivity index (χ1v) is 8.32. The summed E-state index contributed by atoms with van der Waals surface area (Å²) in [5.41, 5.74) is 1.31. The molecule has 2 heterocycles. The molecule has 4 aromatic rings. The number of ether oxygens (including phenoxy) is 2. The summed E-state index contributed by atoms with van der Waals surface area (Å²) >= 11 is 1.32. The molecule has 0 spiro atoms. The first kappa shape index (κ1) is 15.5. The van der Waals surface area contributed by atoms with E-state index in [0.29, 0.717) is 27.7 Å². The summed E-state index contributed by atoms with van der Waals surface area (Å²) in [6.07, 6.45) is 0. The molecule has 0 aliphatic heterocycles. The van der Waals surface area contributed by atoms with E-state index in [0.717, 1.165) is 10.1 Å². The highest BCUT2D eigenvalue weighted by Gasteiger charge is 2.17. The number of methoxy groups -OCH3 is 2. The number of hydrogen-bond acceptors (Lipinski definition) is 6. The lowest BCUT2D eigenvalue weighted by atomic mass is 10.2. The van der Waals surface area contributed by atoms with Crippen LogP contribution in [0, 0.1) is 0 Å². The number of carbonyl (C=O) groups excluding carboxylic acids is 1. The summed E-state index contributed by atoms with van der Waals surface area (Å²) in [5.74, 6) is 1.18. The van der Waals surface area contributed by atoms with E-state index in [2.05, 4.69) is 10.3 Å². The fourth-order valence-electron chi connectivity index (χ4n) is 2.59. The van der Waals surface area contributed by atoms with Crippen molar-refractivity contribution in [3.05, 3.63) is 48.2 Å².